The van der Waals surface area contributed by atoms with Gasteiger partial charge < -0.3 is 15.3 Å². The highest BCUT2D eigenvalue weighted by Gasteiger charge is 2.19. The van der Waals surface area contributed by atoms with Crippen LogP contribution in [0.1, 0.15) is 10.6 Å². The molecule has 0 bridgehead atoms. The van der Waals surface area contributed by atoms with E-state index in [1.165, 1.54) is 0 Å². The molecule has 13 heavy (non-hydrogen) atoms. The molecule has 3 N–H and O–H groups in total. The number of aromatic carboxylic acids is 1. The van der Waals surface area contributed by atoms with Gasteiger partial charge in [-0.15, -0.1) is 23.3 Å². The summed E-state index contributed by atoms with van der Waals surface area (Å²) in [5, 5.41) is 8.49. The Morgan fingerprint density at radius 2 is 1.92 bits per heavy atom. The summed E-state index contributed by atoms with van der Waals surface area (Å²) < 4.78 is 5.46. The smallest absolute Gasteiger partial charge is 0.374 e. The summed E-state index contributed by atoms with van der Waals surface area (Å²) in [7, 11) is 0. The van der Waals surface area contributed by atoms with Crippen molar-refractivity contribution in [2.24, 2.45) is 0 Å². The number of rotatable bonds is 1. The maximum atomic E-state index is 10.4. The first kappa shape index (κ1) is 13.2. The van der Waals surface area contributed by atoms with Gasteiger partial charge >= 0.3 is 5.97 Å². The Balaban J connectivity index is 0.000000671. The Bertz CT molecular complexity index is 315. The van der Waals surface area contributed by atoms with Crippen molar-refractivity contribution < 1.29 is 14.3 Å². The van der Waals surface area contributed by atoms with Crippen molar-refractivity contribution in [3.05, 3.63) is 14.9 Å². The first-order valence-electron chi connectivity index (χ1n) is 2.70. The number of furan rings is 1. The van der Waals surface area contributed by atoms with E-state index in [-0.39, 0.29) is 16.1 Å². The summed E-state index contributed by atoms with van der Waals surface area (Å²) in [4.78, 5) is 10.4. The lowest BCUT2D eigenvalue weighted by Gasteiger charge is -1.87. The molecule has 0 radical (unpaired) electrons. The molecule has 0 aromatic carbocycles. The molecule has 74 valence electrons. The molecule has 0 aliphatic carbocycles. The Labute approximate surface area is 101 Å². The van der Waals surface area contributed by atoms with Crippen molar-refractivity contribution in [3.8, 4) is 0 Å². The van der Waals surface area contributed by atoms with Gasteiger partial charge in [0.1, 0.15) is 5.69 Å². The number of hydrogen-bond donors (Lipinski definition) is 4. The van der Waals surface area contributed by atoms with Crippen molar-refractivity contribution in [2.45, 2.75) is 0 Å². The van der Waals surface area contributed by atoms with Crippen LogP contribution in [-0.2, 0) is 0 Å². The monoisotopic (exact) mass is 349 g/mol. The second-order valence-corrected chi connectivity index (χ2v) is 3.25. The maximum absolute atomic E-state index is 10.4. The van der Waals surface area contributed by atoms with Gasteiger partial charge in [-0.2, -0.15) is 0 Å². The van der Waals surface area contributed by atoms with Gasteiger partial charge in [-0.25, -0.2) is 4.79 Å². The van der Waals surface area contributed by atoms with Crippen LogP contribution >= 0.6 is 55.2 Å². The van der Waals surface area contributed by atoms with E-state index in [2.05, 4.69) is 55.2 Å². The summed E-state index contributed by atoms with van der Waals surface area (Å²) in [6, 6.07) is 0. The molecule has 0 amide bonds. The average Bonchev–Trinajstić information content (AvgIpc) is 2.36. The lowest BCUT2D eigenvalue weighted by atomic mass is 10.4. The summed E-state index contributed by atoms with van der Waals surface area (Å²) in [5.41, 5.74) is 5.44. The van der Waals surface area contributed by atoms with Crippen LogP contribution in [0.5, 0.6) is 0 Å². The molecule has 4 nitrogen and oxygen atoms in total. The van der Waals surface area contributed by atoms with Gasteiger partial charge in [-0.3, -0.25) is 0 Å². The molecule has 0 saturated heterocycles. The molecule has 1 aromatic rings. The molecule has 1 aromatic heterocycles. The highest BCUT2D eigenvalue weighted by atomic mass is 79.9. The van der Waals surface area contributed by atoms with Crippen molar-refractivity contribution in [2.75, 3.05) is 5.73 Å². The van der Waals surface area contributed by atoms with Gasteiger partial charge in [0.05, 0.1) is 4.47 Å². The Hall–Kier alpha value is 0.210. The zero-order valence-corrected chi connectivity index (χ0v) is 11.0. The number of thiol groups is 2. The minimum absolute atomic E-state index is 0.0874. The highest BCUT2D eigenvalue weighted by molar-refractivity contribution is 9.13. The average molecular weight is 351 g/mol. The number of anilines is 1. The maximum Gasteiger partial charge on any atom is 0.374 e. The first-order chi connectivity index (χ1) is 6.04. The first-order valence-corrected chi connectivity index (χ1v) is 5.89. The van der Waals surface area contributed by atoms with E-state index in [0.717, 1.165) is 0 Å². The van der Waals surface area contributed by atoms with E-state index < -0.39 is 5.97 Å². The normalized spacial score (nSPS) is 8.92. The minimum atomic E-state index is -1.19. The van der Waals surface area contributed by atoms with E-state index >= 15 is 0 Å². The molecule has 0 unspecified atom stereocenters. The number of carboxylic acids is 1. The SMILES string of the molecule is Nc1c(C(=O)O)oc(Br)c1Br.SS. The second kappa shape index (κ2) is 5.84. The Kier molecular flexibility index (Phi) is 5.93. The lowest BCUT2D eigenvalue weighted by molar-refractivity contribution is 0.0662. The van der Waals surface area contributed by atoms with Gasteiger partial charge in [0, 0.05) is 0 Å². The number of carbonyl (C=O) groups is 1. The van der Waals surface area contributed by atoms with Gasteiger partial charge in [0.15, 0.2) is 4.67 Å². The molecule has 0 spiro atoms. The zero-order valence-electron chi connectivity index (χ0n) is 5.99. The highest BCUT2D eigenvalue weighted by Crippen LogP contribution is 2.34. The predicted molar refractivity (Wildman–Crippen MR) is 63.5 cm³/mol. The van der Waals surface area contributed by atoms with Crippen LogP contribution in [0.3, 0.4) is 0 Å². The number of carboxylic acid groups (broad SMARTS) is 1. The van der Waals surface area contributed by atoms with Crippen molar-refractivity contribution >= 4 is 66.8 Å². The summed E-state index contributed by atoms with van der Waals surface area (Å²) in [6.45, 7) is 0. The van der Waals surface area contributed by atoms with Crippen LogP contribution in [0.15, 0.2) is 13.6 Å². The molecule has 0 fully saturated rings. The fourth-order valence-electron chi connectivity index (χ4n) is 0.554. The molecular formula is C5H5Br2NO3S2. The van der Waals surface area contributed by atoms with Gasteiger partial charge in [-0.1, -0.05) is 0 Å². The third-order valence-corrected chi connectivity index (χ3v) is 2.92. The summed E-state index contributed by atoms with van der Waals surface area (Å²) >= 11 is 12.5. The van der Waals surface area contributed by atoms with Crippen LogP contribution in [-0.4, -0.2) is 11.1 Å². The van der Waals surface area contributed by atoms with Crippen molar-refractivity contribution in [3.63, 3.8) is 0 Å². The summed E-state index contributed by atoms with van der Waals surface area (Å²) in [6.07, 6.45) is 0. The van der Waals surface area contributed by atoms with E-state index in [9.17, 15) is 4.79 Å². The third-order valence-electron chi connectivity index (χ3n) is 1.04. The fourth-order valence-corrected chi connectivity index (χ4v) is 1.19. The molecule has 1 heterocycles. The standard InChI is InChI=1S/C5H3Br2NO3.H2S2/c6-1-2(8)3(5(9)10)11-4(1)7;1-2/h8H2,(H,9,10);1-2H. The van der Waals surface area contributed by atoms with E-state index in [1.807, 2.05) is 0 Å². The molecule has 8 heteroatoms. The van der Waals surface area contributed by atoms with E-state index in [4.69, 9.17) is 15.3 Å². The van der Waals surface area contributed by atoms with Crippen LogP contribution in [0.25, 0.3) is 0 Å². The van der Waals surface area contributed by atoms with Crippen molar-refractivity contribution in [1.82, 2.24) is 0 Å². The van der Waals surface area contributed by atoms with Crippen LogP contribution < -0.4 is 5.73 Å². The van der Waals surface area contributed by atoms with Crippen LogP contribution in [0.2, 0.25) is 0 Å². The number of nitrogens with two attached hydrogens (primary N) is 1. The van der Waals surface area contributed by atoms with Crippen LogP contribution in [0.4, 0.5) is 5.69 Å². The lowest BCUT2D eigenvalue weighted by Crippen LogP contribution is -1.98. The Morgan fingerprint density at radius 1 is 1.46 bits per heavy atom. The quantitative estimate of drug-likeness (QED) is 0.464. The molecular weight excluding hydrogens is 346 g/mol. The Morgan fingerprint density at radius 3 is 2.08 bits per heavy atom. The van der Waals surface area contributed by atoms with Crippen molar-refractivity contribution in [1.29, 1.82) is 0 Å². The number of hydrogen-bond acceptors (Lipinski definition) is 5. The molecule has 0 saturated carbocycles. The number of nitrogen functional groups attached to an aromatic ring is 1. The van der Waals surface area contributed by atoms with E-state index in [0.29, 0.717) is 4.47 Å². The fraction of sp³-hybridized carbons (Fsp3) is 0. The summed E-state index contributed by atoms with van der Waals surface area (Å²) in [5.74, 6) is -1.45. The second-order valence-electron chi connectivity index (χ2n) is 1.74. The molecule has 1 rings (SSSR count). The van der Waals surface area contributed by atoms with Gasteiger partial charge in [0.2, 0.25) is 5.76 Å². The minimum Gasteiger partial charge on any atom is -0.475 e. The number of halogens is 2. The molecule has 0 aliphatic heterocycles. The largest absolute Gasteiger partial charge is 0.475 e. The molecule has 0 atom stereocenters. The molecule has 0 aliphatic rings. The van der Waals surface area contributed by atoms with E-state index in [1.54, 1.807) is 0 Å². The van der Waals surface area contributed by atoms with Gasteiger partial charge in [0.25, 0.3) is 0 Å². The van der Waals surface area contributed by atoms with Crippen LogP contribution in [0, 0.1) is 0 Å². The van der Waals surface area contributed by atoms with Gasteiger partial charge in [-0.05, 0) is 31.9 Å². The topological polar surface area (TPSA) is 76.5 Å². The third kappa shape index (κ3) is 3.12. The predicted octanol–water partition coefficient (Wildman–Crippen LogP) is 2.85. The zero-order chi connectivity index (χ0) is 10.6.